The average molecular weight is 342 g/mol. The summed E-state index contributed by atoms with van der Waals surface area (Å²) >= 11 is 0. The molecule has 1 amide bonds. The number of benzene rings is 2. The van der Waals surface area contributed by atoms with Gasteiger partial charge in [-0.05, 0) is 48.0 Å². The Morgan fingerprint density at radius 3 is 2.12 bits per heavy atom. The van der Waals surface area contributed by atoms with E-state index in [9.17, 15) is 4.79 Å². The Hall–Kier alpha value is -2.07. The van der Waals surface area contributed by atoms with Gasteiger partial charge in [0.25, 0.3) is 5.91 Å². The first-order valence-corrected chi connectivity index (χ1v) is 11.2. The molecular formula is C20H27NO2Si. The van der Waals surface area contributed by atoms with Crippen LogP contribution in [0.15, 0.2) is 54.6 Å². The van der Waals surface area contributed by atoms with Gasteiger partial charge in [0.15, 0.2) is 0 Å². The van der Waals surface area contributed by atoms with Crippen LogP contribution >= 0.6 is 0 Å². The van der Waals surface area contributed by atoms with Crippen LogP contribution in [0.4, 0.5) is 0 Å². The summed E-state index contributed by atoms with van der Waals surface area (Å²) in [6.07, 6.45) is 0. The number of carbonyl (C=O) groups excluding carboxylic acids is 1. The predicted molar refractivity (Wildman–Crippen MR) is 102 cm³/mol. The van der Waals surface area contributed by atoms with Crippen molar-refractivity contribution in [3.63, 3.8) is 0 Å². The maximum absolute atomic E-state index is 12.1. The molecule has 0 atom stereocenters. The molecule has 0 unspecified atom stereocenters. The van der Waals surface area contributed by atoms with Crippen LogP contribution in [0.25, 0.3) is 0 Å². The third kappa shape index (κ3) is 4.71. The van der Waals surface area contributed by atoms with E-state index >= 15 is 0 Å². The molecule has 0 bridgehead atoms. The number of rotatable bonds is 5. The fourth-order valence-electron chi connectivity index (χ4n) is 2.00. The summed E-state index contributed by atoms with van der Waals surface area (Å²) in [5.74, 6) is 0.844. The molecular weight excluding hydrogens is 314 g/mol. The van der Waals surface area contributed by atoms with Gasteiger partial charge in [0.05, 0.1) is 0 Å². The summed E-state index contributed by atoms with van der Waals surface area (Å²) in [7, 11) is -1.81. The Morgan fingerprint density at radius 1 is 1.00 bits per heavy atom. The van der Waals surface area contributed by atoms with Gasteiger partial charge in [-0.15, -0.1) is 0 Å². The monoisotopic (exact) mass is 341 g/mol. The quantitative estimate of drug-likeness (QED) is 0.777. The van der Waals surface area contributed by atoms with Crippen LogP contribution in [0.3, 0.4) is 0 Å². The molecule has 0 aliphatic carbocycles. The first kappa shape index (κ1) is 18.3. The number of carbonyl (C=O) groups is 1. The van der Waals surface area contributed by atoms with Crippen molar-refractivity contribution in [2.24, 2.45) is 0 Å². The maximum Gasteiger partial charge on any atom is 0.251 e. The summed E-state index contributed by atoms with van der Waals surface area (Å²) in [4.78, 5) is 12.1. The molecule has 4 heteroatoms. The Balaban J connectivity index is 1.94. The largest absolute Gasteiger partial charge is 0.544 e. The third-order valence-electron chi connectivity index (χ3n) is 4.59. The van der Waals surface area contributed by atoms with E-state index in [0.29, 0.717) is 12.1 Å². The maximum atomic E-state index is 12.1. The minimum absolute atomic E-state index is 0.0581. The highest BCUT2D eigenvalue weighted by atomic mass is 28.4. The van der Waals surface area contributed by atoms with Gasteiger partial charge < -0.3 is 9.74 Å². The second kappa shape index (κ2) is 7.22. The van der Waals surface area contributed by atoms with Crippen LogP contribution in [0.2, 0.25) is 18.1 Å². The highest BCUT2D eigenvalue weighted by Gasteiger charge is 2.38. The molecule has 3 nitrogen and oxygen atoms in total. The lowest BCUT2D eigenvalue weighted by Crippen LogP contribution is -2.43. The van der Waals surface area contributed by atoms with Crippen molar-refractivity contribution in [2.75, 3.05) is 0 Å². The number of hydrogen-bond acceptors (Lipinski definition) is 2. The lowest BCUT2D eigenvalue weighted by Gasteiger charge is -2.36. The molecule has 0 saturated carbocycles. The minimum Gasteiger partial charge on any atom is -0.544 e. The molecule has 0 saturated heterocycles. The van der Waals surface area contributed by atoms with E-state index in [1.54, 1.807) is 0 Å². The molecule has 2 rings (SSSR count). The zero-order valence-corrected chi connectivity index (χ0v) is 16.2. The van der Waals surface area contributed by atoms with Crippen molar-refractivity contribution in [3.8, 4) is 5.75 Å². The van der Waals surface area contributed by atoms with Crippen molar-refractivity contribution < 1.29 is 9.22 Å². The zero-order chi connectivity index (χ0) is 17.8. The van der Waals surface area contributed by atoms with Gasteiger partial charge in [-0.3, -0.25) is 4.79 Å². The summed E-state index contributed by atoms with van der Waals surface area (Å²) < 4.78 is 6.27. The molecule has 0 spiro atoms. The molecule has 24 heavy (non-hydrogen) atoms. The molecule has 0 heterocycles. The first-order chi connectivity index (χ1) is 11.2. The average Bonchev–Trinajstić information content (AvgIpc) is 2.53. The van der Waals surface area contributed by atoms with Crippen molar-refractivity contribution in [1.29, 1.82) is 0 Å². The summed E-state index contributed by atoms with van der Waals surface area (Å²) in [5.41, 5.74) is 1.73. The summed E-state index contributed by atoms with van der Waals surface area (Å²) in [6, 6.07) is 17.2. The van der Waals surface area contributed by atoms with Gasteiger partial charge in [-0.1, -0.05) is 51.1 Å². The van der Waals surface area contributed by atoms with Gasteiger partial charge in [-0.2, -0.15) is 0 Å². The lowest BCUT2D eigenvalue weighted by molar-refractivity contribution is 0.0951. The normalized spacial score (nSPS) is 11.9. The number of hydrogen-bond donors (Lipinski definition) is 1. The highest BCUT2D eigenvalue weighted by Crippen LogP contribution is 2.37. The van der Waals surface area contributed by atoms with Crippen molar-refractivity contribution in [1.82, 2.24) is 5.32 Å². The zero-order valence-electron chi connectivity index (χ0n) is 15.2. The van der Waals surface area contributed by atoms with Crippen LogP contribution in [-0.4, -0.2) is 14.2 Å². The van der Waals surface area contributed by atoms with Crippen molar-refractivity contribution in [3.05, 3.63) is 65.7 Å². The van der Waals surface area contributed by atoms with Gasteiger partial charge in [-0.25, -0.2) is 0 Å². The molecule has 0 aromatic heterocycles. The standard InChI is InChI=1S/C20H27NO2Si/c1-20(2,3)24(4,5)23-18-13-11-16(12-14-18)15-21-19(22)17-9-7-6-8-10-17/h6-14H,15H2,1-5H3,(H,21,22). The molecule has 2 aromatic carbocycles. The Bertz CT molecular complexity index is 673. The van der Waals surface area contributed by atoms with E-state index in [1.807, 2.05) is 54.6 Å². The summed E-state index contributed by atoms with van der Waals surface area (Å²) in [6.45, 7) is 11.7. The third-order valence-corrected chi connectivity index (χ3v) is 8.95. The summed E-state index contributed by atoms with van der Waals surface area (Å²) in [5, 5.41) is 3.11. The Kier molecular flexibility index (Phi) is 5.50. The topological polar surface area (TPSA) is 38.3 Å². The van der Waals surface area contributed by atoms with Gasteiger partial charge in [0.1, 0.15) is 5.75 Å². The van der Waals surface area contributed by atoms with Gasteiger partial charge >= 0.3 is 0 Å². The van der Waals surface area contributed by atoms with Crippen LogP contribution in [0.1, 0.15) is 36.7 Å². The van der Waals surface area contributed by atoms with Crippen molar-refractivity contribution >= 4 is 14.2 Å². The smallest absolute Gasteiger partial charge is 0.251 e. The van der Waals surface area contributed by atoms with Crippen LogP contribution < -0.4 is 9.74 Å². The molecule has 0 aliphatic rings. The molecule has 1 N–H and O–H groups in total. The van der Waals surface area contributed by atoms with E-state index in [0.717, 1.165) is 11.3 Å². The molecule has 128 valence electrons. The lowest BCUT2D eigenvalue weighted by atomic mass is 10.2. The fraction of sp³-hybridized carbons (Fsp3) is 0.350. The van der Waals surface area contributed by atoms with E-state index in [2.05, 4.69) is 39.2 Å². The minimum atomic E-state index is -1.81. The van der Waals surface area contributed by atoms with Crippen LogP contribution in [0.5, 0.6) is 5.75 Å². The van der Waals surface area contributed by atoms with E-state index in [-0.39, 0.29) is 10.9 Å². The number of nitrogens with one attached hydrogen (secondary N) is 1. The second-order valence-corrected chi connectivity index (χ2v) is 12.3. The SMILES string of the molecule is CC(C)(C)[Si](C)(C)Oc1ccc(CNC(=O)c2ccccc2)cc1. The fourth-order valence-corrected chi connectivity index (χ4v) is 3.03. The molecule has 0 aliphatic heterocycles. The van der Waals surface area contributed by atoms with Crippen molar-refractivity contribution in [2.45, 2.75) is 45.4 Å². The molecule has 0 fully saturated rings. The highest BCUT2D eigenvalue weighted by molar-refractivity contribution is 6.74. The Morgan fingerprint density at radius 2 is 1.58 bits per heavy atom. The predicted octanol–water partition coefficient (Wildman–Crippen LogP) is 5.00. The first-order valence-electron chi connectivity index (χ1n) is 8.30. The van der Waals surface area contributed by atoms with Crippen LogP contribution in [-0.2, 0) is 6.54 Å². The van der Waals surface area contributed by atoms with Gasteiger partial charge in [0, 0.05) is 12.1 Å². The molecule has 2 aromatic rings. The molecule has 0 radical (unpaired) electrons. The van der Waals surface area contributed by atoms with E-state index in [4.69, 9.17) is 4.43 Å². The second-order valence-electron chi connectivity index (χ2n) is 7.56. The van der Waals surface area contributed by atoms with Crippen LogP contribution in [0, 0.1) is 0 Å². The Labute approximate surface area is 146 Å². The van der Waals surface area contributed by atoms with E-state index < -0.39 is 8.32 Å². The van der Waals surface area contributed by atoms with Gasteiger partial charge in [0.2, 0.25) is 8.32 Å². The van der Waals surface area contributed by atoms with E-state index in [1.165, 1.54) is 0 Å². The number of amides is 1.